The van der Waals surface area contributed by atoms with Crippen LogP contribution in [0.25, 0.3) is 0 Å². The zero-order valence-corrected chi connectivity index (χ0v) is 12.1. The molecule has 1 aromatic carbocycles. The number of carboxylic acids is 1. The van der Waals surface area contributed by atoms with Gasteiger partial charge in [-0.25, -0.2) is 0 Å². The number of nitrogens with one attached hydrogen (secondary N) is 1. The highest BCUT2D eigenvalue weighted by Crippen LogP contribution is 2.28. The summed E-state index contributed by atoms with van der Waals surface area (Å²) in [5.41, 5.74) is 0.385. The van der Waals surface area contributed by atoms with Crippen molar-refractivity contribution in [3.05, 3.63) is 23.8 Å². The molecule has 114 valence electrons. The minimum Gasteiger partial charge on any atom is -0.497 e. The Labute approximate surface area is 123 Å². The molecule has 2 atom stereocenters. The quantitative estimate of drug-likeness (QED) is 0.863. The van der Waals surface area contributed by atoms with Crippen molar-refractivity contribution in [2.75, 3.05) is 14.2 Å². The lowest BCUT2D eigenvalue weighted by Crippen LogP contribution is -2.33. The van der Waals surface area contributed by atoms with E-state index < -0.39 is 5.97 Å². The molecule has 1 aliphatic rings. The first kappa shape index (κ1) is 15.2. The molecule has 0 aromatic heterocycles. The average Bonchev–Trinajstić information content (AvgIpc) is 2.95. The number of aliphatic carboxylic acids is 1. The summed E-state index contributed by atoms with van der Waals surface area (Å²) in [5, 5.41) is 11.9. The van der Waals surface area contributed by atoms with Gasteiger partial charge < -0.3 is 19.9 Å². The van der Waals surface area contributed by atoms with Gasteiger partial charge in [0.25, 0.3) is 5.91 Å². The molecular weight excluding hydrogens is 274 g/mol. The highest BCUT2D eigenvalue weighted by atomic mass is 16.5. The van der Waals surface area contributed by atoms with Crippen LogP contribution in [0.3, 0.4) is 0 Å². The van der Waals surface area contributed by atoms with Gasteiger partial charge in [-0.15, -0.1) is 0 Å². The van der Waals surface area contributed by atoms with Crippen LogP contribution < -0.4 is 14.8 Å². The van der Waals surface area contributed by atoms with Gasteiger partial charge in [0.05, 0.1) is 25.7 Å². The van der Waals surface area contributed by atoms with Gasteiger partial charge in [-0.2, -0.15) is 0 Å². The summed E-state index contributed by atoms with van der Waals surface area (Å²) >= 11 is 0. The van der Waals surface area contributed by atoms with E-state index in [1.54, 1.807) is 18.2 Å². The standard InChI is InChI=1S/C15H19NO5/c1-20-11-5-6-13(21-2)12(8-11)14(17)16-10-4-3-9(7-10)15(18)19/h5-6,8-10H,3-4,7H2,1-2H3,(H,16,17)(H,18,19). The van der Waals surface area contributed by atoms with E-state index in [9.17, 15) is 9.59 Å². The summed E-state index contributed by atoms with van der Waals surface area (Å²) in [6, 6.07) is 4.88. The van der Waals surface area contributed by atoms with Gasteiger partial charge >= 0.3 is 5.97 Å². The fourth-order valence-corrected chi connectivity index (χ4v) is 2.59. The van der Waals surface area contributed by atoms with E-state index in [-0.39, 0.29) is 17.9 Å². The molecule has 0 spiro atoms. The van der Waals surface area contributed by atoms with Gasteiger partial charge in [0.1, 0.15) is 11.5 Å². The third kappa shape index (κ3) is 3.45. The topological polar surface area (TPSA) is 84.9 Å². The number of carboxylic acid groups (broad SMARTS) is 1. The number of carbonyl (C=O) groups is 2. The number of amides is 1. The maximum atomic E-state index is 12.3. The van der Waals surface area contributed by atoms with E-state index in [4.69, 9.17) is 14.6 Å². The van der Waals surface area contributed by atoms with Crippen LogP contribution in [0.1, 0.15) is 29.6 Å². The molecule has 2 N–H and O–H groups in total. The number of benzene rings is 1. The first-order valence-electron chi connectivity index (χ1n) is 6.80. The first-order chi connectivity index (χ1) is 10.0. The minimum absolute atomic E-state index is 0.116. The Hall–Kier alpha value is -2.24. The third-order valence-corrected chi connectivity index (χ3v) is 3.77. The molecule has 1 amide bonds. The van der Waals surface area contributed by atoms with Crippen LogP contribution in [0.5, 0.6) is 11.5 Å². The van der Waals surface area contributed by atoms with E-state index >= 15 is 0 Å². The van der Waals surface area contributed by atoms with Crippen molar-refractivity contribution in [2.24, 2.45) is 5.92 Å². The van der Waals surface area contributed by atoms with Crippen LogP contribution in [0.4, 0.5) is 0 Å². The Bertz CT molecular complexity index is 543. The van der Waals surface area contributed by atoms with E-state index in [1.165, 1.54) is 14.2 Å². The molecule has 2 rings (SSSR count). The molecule has 0 heterocycles. The lowest BCUT2D eigenvalue weighted by atomic mass is 10.1. The molecule has 6 nitrogen and oxygen atoms in total. The van der Waals surface area contributed by atoms with Gasteiger partial charge in [-0.1, -0.05) is 0 Å². The molecule has 0 aliphatic heterocycles. The van der Waals surface area contributed by atoms with Crippen LogP contribution >= 0.6 is 0 Å². The fourth-order valence-electron chi connectivity index (χ4n) is 2.59. The van der Waals surface area contributed by atoms with Crippen LogP contribution in [0.2, 0.25) is 0 Å². The smallest absolute Gasteiger partial charge is 0.306 e. The normalized spacial score (nSPS) is 20.9. The van der Waals surface area contributed by atoms with Gasteiger partial charge in [-0.05, 0) is 37.5 Å². The minimum atomic E-state index is -0.800. The molecule has 1 aliphatic carbocycles. The summed E-state index contributed by atoms with van der Waals surface area (Å²) < 4.78 is 10.3. The molecule has 21 heavy (non-hydrogen) atoms. The van der Waals surface area contributed by atoms with Crippen LogP contribution in [-0.2, 0) is 4.79 Å². The summed E-state index contributed by atoms with van der Waals surface area (Å²) in [6.07, 6.45) is 1.73. The molecule has 2 unspecified atom stereocenters. The molecule has 6 heteroatoms. The molecule has 1 fully saturated rings. The monoisotopic (exact) mass is 293 g/mol. The van der Waals surface area contributed by atoms with Crippen LogP contribution in [-0.4, -0.2) is 37.2 Å². The summed E-state index contributed by atoms with van der Waals surface area (Å²) in [7, 11) is 3.02. The summed E-state index contributed by atoms with van der Waals surface area (Å²) in [5.74, 6) is -0.424. The molecule has 0 bridgehead atoms. The summed E-state index contributed by atoms with van der Waals surface area (Å²) in [4.78, 5) is 23.3. The van der Waals surface area contributed by atoms with Crippen molar-refractivity contribution in [3.63, 3.8) is 0 Å². The van der Waals surface area contributed by atoms with Crippen molar-refractivity contribution in [1.82, 2.24) is 5.32 Å². The van der Waals surface area contributed by atoms with E-state index in [0.717, 1.165) is 0 Å². The van der Waals surface area contributed by atoms with Crippen molar-refractivity contribution < 1.29 is 24.2 Å². The van der Waals surface area contributed by atoms with E-state index in [0.29, 0.717) is 36.3 Å². The van der Waals surface area contributed by atoms with Crippen LogP contribution in [0.15, 0.2) is 18.2 Å². The largest absolute Gasteiger partial charge is 0.497 e. The van der Waals surface area contributed by atoms with E-state index in [2.05, 4.69) is 5.32 Å². The number of carbonyl (C=O) groups excluding carboxylic acids is 1. The number of hydrogen-bond acceptors (Lipinski definition) is 4. The number of methoxy groups -OCH3 is 2. The van der Waals surface area contributed by atoms with Gasteiger partial charge in [0, 0.05) is 6.04 Å². The molecular formula is C15H19NO5. The maximum absolute atomic E-state index is 12.3. The Morgan fingerprint density at radius 1 is 1.24 bits per heavy atom. The average molecular weight is 293 g/mol. The number of ether oxygens (including phenoxy) is 2. The van der Waals surface area contributed by atoms with Gasteiger partial charge in [0.15, 0.2) is 0 Å². The van der Waals surface area contributed by atoms with E-state index in [1.807, 2.05) is 0 Å². The second-order valence-corrected chi connectivity index (χ2v) is 5.08. The predicted molar refractivity (Wildman–Crippen MR) is 75.8 cm³/mol. The third-order valence-electron chi connectivity index (χ3n) is 3.77. The number of rotatable bonds is 5. The lowest BCUT2D eigenvalue weighted by molar-refractivity contribution is -0.141. The highest BCUT2D eigenvalue weighted by Gasteiger charge is 2.31. The summed E-state index contributed by atoms with van der Waals surface area (Å²) in [6.45, 7) is 0. The van der Waals surface area contributed by atoms with Gasteiger partial charge in [0.2, 0.25) is 0 Å². The molecule has 0 radical (unpaired) electrons. The molecule has 1 saturated carbocycles. The predicted octanol–water partition coefficient (Wildman–Crippen LogP) is 1.69. The van der Waals surface area contributed by atoms with Crippen molar-refractivity contribution >= 4 is 11.9 Å². The Balaban J connectivity index is 2.08. The molecule has 1 aromatic rings. The van der Waals surface area contributed by atoms with Crippen LogP contribution in [0, 0.1) is 5.92 Å². The Kier molecular flexibility index (Phi) is 4.67. The highest BCUT2D eigenvalue weighted by molar-refractivity contribution is 5.97. The molecule has 0 saturated heterocycles. The zero-order chi connectivity index (χ0) is 15.4. The van der Waals surface area contributed by atoms with Gasteiger partial charge in [-0.3, -0.25) is 9.59 Å². The SMILES string of the molecule is COc1ccc(OC)c(C(=O)NC2CCC(C(=O)O)C2)c1. The Morgan fingerprint density at radius 3 is 2.57 bits per heavy atom. The Morgan fingerprint density at radius 2 is 2.00 bits per heavy atom. The lowest BCUT2D eigenvalue weighted by Gasteiger charge is -2.15. The zero-order valence-electron chi connectivity index (χ0n) is 12.1. The van der Waals surface area contributed by atoms with Crippen molar-refractivity contribution in [3.8, 4) is 11.5 Å². The van der Waals surface area contributed by atoms with Crippen molar-refractivity contribution in [1.29, 1.82) is 0 Å². The fraction of sp³-hybridized carbons (Fsp3) is 0.467. The first-order valence-corrected chi connectivity index (χ1v) is 6.80. The maximum Gasteiger partial charge on any atom is 0.306 e. The number of hydrogen-bond donors (Lipinski definition) is 2. The second kappa shape index (κ2) is 6.47. The van der Waals surface area contributed by atoms with Crippen molar-refractivity contribution in [2.45, 2.75) is 25.3 Å². The second-order valence-electron chi connectivity index (χ2n) is 5.08.